The number of nitrogens with one attached hydrogen (secondary N) is 2. The number of carbonyl (C=O) groups is 2. The van der Waals surface area contributed by atoms with Gasteiger partial charge in [0.1, 0.15) is 5.56 Å². The summed E-state index contributed by atoms with van der Waals surface area (Å²) in [6.45, 7) is 2.04. The van der Waals surface area contributed by atoms with Gasteiger partial charge in [-0.05, 0) is 36.2 Å². The fourth-order valence-electron chi connectivity index (χ4n) is 1.87. The van der Waals surface area contributed by atoms with E-state index in [4.69, 9.17) is 4.74 Å². The molecule has 0 aliphatic rings. The van der Waals surface area contributed by atoms with E-state index in [0.29, 0.717) is 5.56 Å². The number of hydrazine groups is 1. The number of amides is 2. The van der Waals surface area contributed by atoms with Crippen LogP contribution in [0.1, 0.15) is 33.2 Å². The maximum absolute atomic E-state index is 12.0. The van der Waals surface area contributed by atoms with E-state index in [1.165, 1.54) is 13.3 Å². The average molecular weight is 299 g/mol. The first kappa shape index (κ1) is 15.5. The minimum Gasteiger partial charge on any atom is -0.480 e. The summed E-state index contributed by atoms with van der Waals surface area (Å²) in [7, 11) is 1.42. The molecule has 2 N–H and O–H groups in total. The maximum atomic E-state index is 12.0. The molecule has 2 aromatic rings. The molecule has 1 aromatic carbocycles. The quantitative estimate of drug-likeness (QED) is 0.843. The highest BCUT2D eigenvalue weighted by atomic mass is 16.5. The number of pyridine rings is 1. The lowest BCUT2D eigenvalue weighted by molar-refractivity contribution is 0.0844. The monoisotopic (exact) mass is 299 g/mol. The fourth-order valence-corrected chi connectivity index (χ4v) is 1.87. The zero-order valence-corrected chi connectivity index (χ0v) is 12.4. The van der Waals surface area contributed by atoms with Gasteiger partial charge in [-0.2, -0.15) is 0 Å². The van der Waals surface area contributed by atoms with Gasteiger partial charge in [0.2, 0.25) is 5.88 Å². The van der Waals surface area contributed by atoms with Crippen LogP contribution in [0, 0.1) is 0 Å². The van der Waals surface area contributed by atoms with Gasteiger partial charge in [0.25, 0.3) is 11.8 Å². The lowest BCUT2D eigenvalue weighted by Gasteiger charge is -2.09. The number of hydrogen-bond donors (Lipinski definition) is 2. The normalized spacial score (nSPS) is 9.91. The van der Waals surface area contributed by atoms with E-state index in [0.717, 1.165) is 12.0 Å². The second kappa shape index (κ2) is 7.21. The topological polar surface area (TPSA) is 80.3 Å². The maximum Gasteiger partial charge on any atom is 0.275 e. The Morgan fingerprint density at radius 3 is 2.41 bits per heavy atom. The summed E-state index contributed by atoms with van der Waals surface area (Å²) < 4.78 is 5.00. The van der Waals surface area contributed by atoms with E-state index in [1.54, 1.807) is 24.3 Å². The van der Waals surface area contributed by atoms with Crippen LogP contribution in [0.3, 0.4) is 0 Å². The van der Waals surface area contributed by atoms with E-state index in [-0.39, 0.29) is 17.4 Å². The van der Waals surface area contributed by atoms with Gasteiger partial charge in [0, 0.05) is 11.8 Å². The summed E-state index contributed by atoms with van der Waals surface area (Å²) in [5.74, 6) is -0.691. The average Bonchev–Trinajstić information content (AvgIpc) is 2.59. The predicted molar refractivity (Wildman–Crippen MR) is 81.5 cm³/mol. The largest absolute Gasteiger partial charge is 0.480 e. The van der Waals surface area contributed by atoms with E-state index in [1.807, 2.05) is 19.1 Å². The SMILES string of the molecule is CCc1ccc(C(=O)NNC(=O)c2cccnc2OC)cc1. The van der Waals surface area contributed by atoms with Gasteiger partial charge >= 0.3 is 0 Å². The summed E-state index contributed by atoms with van der Waals surface area (Å²) >= 11 is 0. The lowest BCUT2D eigenvalue weighted by Crippen LogP contribution is -2.41. The molecule has 0 radical (unpaired) electrons. The molecule has 0 atom stereocenters. The Hall–Kier alpha value is -2.89. The summed E-state index contributed by atoms with van der Waals surface area (Å²) in [6.07, 6.45) is 2.42. The van der Waals surface area contributed by atoms with Crippen LogP contribution in [0.5, 0.6) is 5.88 Å². The summed E-state index contributed by atoms with van der Waals surface area (Å²) in [5.41, 5.74) is 6.56. The summed E-state index contributed by atoms with van der Waals surface area (Å²) in [5, 5.41) is 0. The van der Waals surface area contributed by atoms with Crippen molar-refractivity contribution in [1.29, 1.82) is 0 Å². The first-order chi connectivity index (χ1) is 10.7. The van der Waals surface area contributed by atoms with Gasteiger partial charge in [-0.1, -0.05) is 19.1 Å². The molecule has 0 saturated carbocycles. The number of ether oxygens (including phenoxy) is 1. The molecule has 2 rings (SSSR count). The first-order valence-corrected chi connectivity index (χ1v) is 6.84. The third-order valence-corrected chi connectivity index (χ3v) is 3.12. The molecule has 0 bridgehead atoms. The Kier molecular flexibility index (Phi) is 5.08. The second-order valence-electron chi connectivity index (χ2n) is 4.52. The van der Waals surface area contributed by atoms with Crippen molar-refractivity contribution < 1.29 is 14.3 Å². The van der Waals surface area contributed by atoms with Crippen LogP contribution >= 0.6 is 0 Å². The van der Waals surface area contributed by atoms with E-state index >= 15 is 0 Å². The number of aryl methyl sites for hydroxylation is 1. The van der Waals surface area contributed by atoms with E-state index in [2.05, 4.69) is 15.8 Å². The Labute approximate surface area is 128 Å². The molecule has 0 unspecified atom stereocenters. The third-order valence-electron chi connectivity index (χ3n) is 3.12. The zero-order valence-electron chi connectivity index (χ0n) is 12.4. The molecule has 1 aromatic heterocycles. The van der Waals surface area contributed by atoms with Crippen LogP contribution in [0.15, 0.2) is 42.6 Å². The van der Waals surface area contributed by atoms with Crippen LogP contribution in [-0.2, 0) is 6.42 Å². The van der Waals surface area contributed by atoms with Crippen molar-refractivity contribution in [2.24, 2.45) is 0 Å². The first-order valence-electron chi connectivity index (χ1n) is 6.84. The van der Waals surface area contributed by atoms with Crippen molar-refractivity contribution >= 4 is 11.8 Å². The van der Waals surface area contributed by atoms with Gasteiger partial charge in [0.05, 0.1) is 7.11 Å². The van der Waals surface area contributed by atoms with Crippen molar-refractivity contribution in [2.45, 2.75) is 13.3 Å². The predicted octanol–water partition coefficient (Wildman–Crippen LogP) is 1.73. The van der Waals surface area contributed by atoms with Crippen molar-refractivity contribution in [2.75, 3.05) is 7.11 Å². The van der Waals surface area contributed by atoms with Gasteiger partial charge < -0.3 is 4.74 Å². The lowest BCUT2D eigenvalue weighted by atomic mass is 10.1. The molecule has 6 heteroatoms. The van der Waals surface area contributed by atoms with Gasteiger partial charge in [-0.25, -0.2) is 4.98 Å². The summed E-state index contributed by atoms with van der Waals surface area (Å²) in [4.78, 5) is 27.9. The van der Waals surface area contributed by atoms with Crippen LogP contribution < -0.4 is 15.6 Å². The molecule has 2 amide bonds. The molecule has 0 fully saturated rings. The number of benzene rings is 1. The minimum absolute atomic E-state index is 0.196. The fraction of sp³-hybridized carbons (Fsp3) is 0.188. The number of aromatic nitrogens is 1. The van der Waals surface area contributed by atoms with Crippen molar-refractivity contribution in [3.63, 3.8) is 0 Å². The molecule has 22 heavy (non-hydrogen) atoms. The van der Waals surface area contributed by atoms with Crippen LogP contribution in [-0.4, -0.2) is 23.9 Å². The molecule has 1 heterocycles. The van der Waals surface area contributed by atoms with Crippen LogP contribution in [0.2, 0.25) is 0 Å². The molecule has 0 aliphatic carbocycles. The van der Waals surface area contributed by atoms with Gasteiger partial charge in [0.15, 0.2) is 0 Å². The van der Waals surface area contributed by atoms with Gasteiger partial charge in [-0.3, -0.25) is 20.4 Å². The Balaban J connectivity index is 1.99. The van der Waals surface area contributed by atoms with Crippen molar-refractivity contribution in [1.82, 2.24) is 15.8 Å². The number of nitrogens with zero attached hydrogens (tertiary/aromatic N) is 1. The smallest absolute Gasteiger partial charge is 0.275 e. The van der Waals surface area contributed by atoms with Crippen LogP contribution in [0.25, 0.3) is 0 Å². The summed E-state index contributed by atoms with van der Waals surface area (Å²) in [6, 6.07) is 10.4. The molecule has 6 nitrogen and oxygen atoms in total. The second-order valence-corrected chi connectivity index (χ2v) is 4.52. The standard InChI is InChI=1S/C16H17N3O3/c1-3-11-6-8-12(9-7-11)14(20)18-19-15(21)13-5-4-10-17-16(13)22-2/h4-10H,3H2,1-2H3,(H,18,20)(H,19,21). The van der Waals surface area contributed by atoms with Crippen molar-refractivity contribution in [3.05, 3.63) is 59.3 Å². The highest BCUT2D eigenvalue weighted by Crippen LogP contribution is 2.12. The molecule has 114 valence electrons. The highest BCUT2D eigenvalue weighted by Gasteiger charge is 2.14. The molecule has 0 spiro atoms. The van der Waals surface area contributed by atoms with Gasteiger partial charge in [-0.15, -0.1) is 0 Å². The molecular weight excluding hydrogens is 282 g/mol. The van der Waals surface area contributed by atoms with Crippen molar-refractivity contribution in [3.8, 4) is 5.88 Å². The minimum atomic E-state index is -0.497. The number of rotatable bonds is 4. The number of methoxy groups -OCH3 is 1. The Morgan fingerprint density at radius 1 is 1.09 bits per heavy atom. The Bertz CT molecular complexity index is 669. The zero-order chi connectivity index (χ0) is 15.9. The third kappa shape index (κ3) is 3.60. The van der Waals surface area contributed by atoms with E-state index in [9.17, 15) is 9.59 Å². The van der Waals surface area contributed by atoms with E-state index < -0.39 is 5.91 Å². The molecule has 0 aliphatic heterocycles. The number of hydrogen-bond acceptors (Lipinski definition) is 4. The highest BCUT2D eigenvalue weighted by molar-refractivity contribution is 6.00. The number of carbonyl (C=O) groups excluding carboxylic acids is 2. The molecule has 0 saturated heterocycles. The molecular formula is C16H17N3O3. The Morgan fingerprint density at radius 2 is 1.77 bits per heavy atom. The van der Waals surface area contributed by atoms with Crippen LogP contribution in [0.4, 0.5) is 0 Å².